The van der Waals surface area contributed by atoms with E-state index < -0.39 is 6.04 Å². The molecule has 3 nitrogen and oxygen atoms in total. The van der Waals surface area contributed by atoms with Gasteiger partial charge < -0.3 is 4.90 Å². The molecule has 0 aliphatic rings. The zero-order valence-corrected chi connectivity index (χ0v) is 9.49. The Labute approximate surface area is 94.1 Å². The second kappa shape index (κ2) is 4.75. The minimum absolute atomic E-state index is 0.272. The highest BCUT2D eigenvalue weighted by atomic mass is 19.1. The zero-order chi connectivity index (χ0) is 12.3. The van der Waals surface area contributed by atoms with Crippen molar-refractivity contribution in [3.63, 3.8) is 0 Å². The molecule has 16 heavy (non-hydrogen) atoms. The molecule has 1 atom stereocenters. The SMILES string of the molecule is Cc1cc(F)ccc1C(=O)N(C)C(C)C#N. The van der Waals surface area contributed by atoms with Crippen LogP contribution in [0.2, 0.25) is 0 Å². The number of halogens is 1. The van der Waals surface area contributed by atoms with Crippen LogP contribution in [0.1, 0.15) is 22.8 Å². The summed E-state index contributed by atoms with van der Waals surface area (Å²) in [5, 5.41) is 8.71. The number of amides is 1. The molecule has 0 spiro atoms. The van der Waals surface area contributed by atoms with Crippen LogP contribution in [0.15, 0.2) is 18.2 Å². The van der Waals surface area contributed by atoms with E-state index in [2.05, 4.69) is 0 Å². The molecule has 0 N–H and O–H groups in total. The van der Waals surface area contributed by atoms with Gasteiger partial charge >= 0.3 is 0 Å². The number of nitrogens with zero attached hydrogens (tertiary/aromatic N) is 2. The minimum Gasteiger partial charge on any atom is -0.326 e. The van der Waals surface area contributed by atoms with Gasteiger partial charge in [-0.05, 0) is 37.6 Å². The molecular weight excluding hydrogens is 207 g/mol. The first-order valence-corrected chi connectivity index (χ1v) is 4.90. The van der Waals surface area contributed by atoms with Gasteiger partial charge in [-0.15, -0.1) is 0 Å². The summed E-state index contributed by atoms with van der Waals surface area (Å²) in [4.78, 5) is 13.3. The van der Waals surface area contributed by atoms with Gasteiger partial charge in [0.05, 0.1) is 6.07 Å². The Morgan fingerprint density at radius 1 is 1.56 bits per heavy atom. The van der Waals surface area contributed by atoms with E-state index in [9.17, 15) is 9.18 Å². The van der Waals surface area contributed by atoms with Gasteiger partial charge in [-0.2, -0.15) is 5.26 Å². The second-order valence-electron chi connectivity index (χ2n) is 3.68. The van der Waals surface area contributed by atoms with Crippen molar-refractivity contribution in [2.45, 2.75) is 19.9 Å². The molecule has 1 unspecified atom stereocenters. The molecule has 0 heterocycles. The molecular formula is C12H13FN2O. The Morgan fingerprint density at radius 2 is 2.19 bits per heavy atom. The first kappa shape index (κ1) is 12.2. The predicted molar refractivity (Wildman–Crippen MR) is 58.3 cm³/mol. The highest BCUT2D eigenvalue weighted by Crippen LogP contribution is 2.13. The normalized spacial score (nSPS) is 11.7. The molecule has 1 aromatic carbocycles. The number of aryl methyl sites for hydroxylation is 1. The van der Waals surface area contributed by atoms with Crippen LogP contribution in [0.25, 0.3) is 0 Å². The summed E-state index contributed by atoms with van der Waals surface area (Å²) in [5.74, 6) is -0.642. The number of hydrogen-bond donors (Lipinski definition) is 0. The average Bonchev–Trinajstić information content (AvgIpc) is 2.26. The number of nitriles is 1. The molecule has 0 saturated heterocycles. The van der Waals surface area contributed by atoms with Crippen molar-refractivity contribution in [1.29, 1.82) is 5.26 Å². The third-order valence-corrected chi connectivity index (χ3v) is 2.51. The maximum Gasteiger partial charge on any atom is 0.254 e. The number of carbonyl (C=O) groups is 1. The third kappa shape index (κ3) is 2.37. The summed E-state index contributed by atoms with van der Waals surface area (Å²) in [6.45, 7) is 3.30. The summed E-state index contributed by atoms with van der Waals surface area (Å²) in [7, 11) is 1.55. The summed E-state index contributed by atoms with van der Waals surface area (Å²) in [6.07, 6.45) is 0. The quantitative estimate of drug-likeness (QED) is 0.766. The molecule has 1 amide bonds. The van der Waals surface area contributed by atoms with Crippen LogP contribution in [-0.2, 0) is 0 Å². The molecule has 0 aromatic heterocycles. The maximum atomic E-state index is 12.9. The van der Waals surface area contributed by atoms with E-state index >= 15 is 0 Å². The van der Waals surface area contributed by atoms with Crippen LogP contribution >= 0.6 is 0 Å². The van der Waals surface area contributed by atoms with E-state index in [0.29, 0.717) is 11.1 Å². The third-order valence-electron chi connectivity index (χ3n) is 2.51. The summed E-state index contributed by atoms with van der Waals surface area (Å²) in [5.41, 5.74) is 0.994. The molecule has 0 aliphatic carbocycles. The lowest BCUT2D eigenvalue weighted by Crippen LogP contribution is -2.34. The summed E-state index contributed by atoms with van der Waals surface area (Å²) >= 11 is 0. The summed E-state index contributed by atoms with van der Waals surface area (Å²) < 4.78 is 12.9. The molecule has 0 saturated carbocycles. The van der Waals surface area contributed by atoms with E-state index in [1.807, 2.05) is 6.07 Å². The van der Waals surface area contributed by atoms with Crippen molar-refractivity contribution < 1.29 is 9.18 Å². The van der Waals surface area contributed by atoms with E-state index in [1.165, 1.54) is 23.1 Å². The Morgan fingerprint density at radius 3 is 2.69 bits per heavy atom. The van der Waals surface area contributed by atoms with E-state index in [0.717, 1.165) is 0 Å². The second-order valence-corrected chi connectivity index (χ2v) is 3.68. The topological polar surface area (TPSA) is 44.1 Å². The lowest BCUT2D eigenvalue weighted by molar-refractivity contribution is 0.0772. The van der Waals surface area contributed by atoms with Crippen molar-refractivity contribution >= 4 is 5.91 Å². The molecule has 1 rings (SSSR count). The van der Waals surface area contributed by atoms with E-state index in [1.54, 1.807) is 20.9 Å². The van der Waals surface area contributed by atoms with Crippen molar-refractivity contribution in [3.8, 4) is 6.07 Å². The van der Waals surface area contributed by atoms with Crippen molar-refractivity contribution in [1.82, 2.24) is 4.90 Å². The minimum atomic E-state index is -0.503. The van der Waals surface area contributed by atoms with Crippen molar-refractivity contribution in [2.75, 3.05) is 7.05 Å². The van der Waals surface area contributed by atoms with Crippen LogP contribution < -0.4 is 0 Å². The number of hydrogen-bond acceptors (Lipinski definition) is 2. The average molecular weight is 220 g/mol. The van der Waals surface area contributed by atoms with Crippen LogP contribution in [0.3, 0.4) is 0 Å². The van der Waals surface area contributed by atoms with Crippen LogP contribution in [-0.4, -0.2) is 23.9 Å². The molecule has 0 aliphatic heterocycles. The van der Waals surface area contributed by atoms with Gasteiger partial charge in [-0.1, -0.05) is 0 Å². The number of rotatable bonds is 2. The smallest absolute Gasteiger partial charge is 0.254 e. The van der Waals surface area contributed by atoms with E-state index in [4.69, 9.17) is 5.26 Å². The Hall–Kier alpha value is -1.89. The van der Waals surface area contributed by atoms with Gasteiger partial charge in [-0.3, -0.25) is 4.79 Å². The fraction of sp³-hybridized carbons (Fsp3) is 0.333. The molecule has 0 bridgehead atoms. The standard InChI is InChI=1S/C12H13FN2O/c1-8-6-10(13)4-5-11(8)12(16)15(3)9(2)7-14/h4-6,9H,1-3H3. The fourth-order valence-electron chi connectivity index (χ4n) is 1.32. The van der Waals surface area contributed by atoms with Crippen molar-refractivity contribution in [3.05, 3.63) is 35.1 Å². The number of carbonyl (C=O) groups excluding carboxylic acids is 1. The lowest BCUT2D eigenvalue weighted by Gasteiger charge is -2.20. The Kier molecular flexibility index (Phi) is 3.62. The fourth-order valence-corrected chi connectivity index (χ4v) is 1.32. The lowest BCUT2D eigenvalue weighted by atomic mass is 10.1. The molecule has 84 valence electrons. The van der Waals surface area contributed by atoms with Crippen LogP contribution in [0.5, 0.6) is 0 Å². The summed E-state index contributed by atoms with van der Waals surface area (Å²) in [6, 6.07) is 5.46. The monoisotopic (exact) mass is 220 g/mol. The molecule has 0 fully saturated rings. The Bertz CT molecular complexity index is 451. The van der Waals surface area contributed by atoms with Gasteiger partial charge in [0.25, 0.3) is 5.91 Å². The van der Waals surface area contributed by atoms with Crippen LogP contribution in [0, 0.1) is 24.1 Å². The first-order chi connectivity index (χ1) is 7.47. The maximum absolute atomic E-state index is 12.9. The largest absolute Gasteiger partial charge is 0.326 e. The van der Waals surface area contributed by atoms with Crippen LogP contribution in [0.4, 0.5) is 4.39 Å². The van der Waals surface area contributed by atoms with Gasteiger partial charge in [-0.25, -0.2) is 4.39 Å². The predicted octanol–water partition coefficient (Wildman–Crippen LogP) is 2.12. The zero-order valence-electron chi connectivity index (χ0n) is 9.49. The highest BCUT2D eigenvalue weighted by molar-refractivity contribution is 5.95. The van der Waals surface area contributed by atoms with Crippen molar-refractivity contribution in [2.24, 2.45) is 0 Å². The Balaban J connectivity index is 3.02. The van der Waals surface area contributed by atoms with Gasteiger partial charge in [0, 0.05) is 12.6 Å². The molecule has 0 radical (unpaired) electrons. The first-order valence-electron chi connectivity index (χ1n) is 4.90. The highest BCUT2D eigenvalue weighted by Gasteiger charge is 2.18. The molecule has 4 heteroatoms. The number of benzene rings is 1. The van der Waals surface area contributed by atoms with Gasteiger partial charge in [0.15, 0.2) is 0 Å². The van der Waals surface area contributed by atoms with E-state index in [-0.39, 0.29) is 11.7 Å². The van der Waals surface area contributed by atoms with Gasteiger partial charge in [0.1, 0.15) is 11.9 Å². The molecule has 1 aromatic rings. The van der Waals surface area contributed by atoms with Gasteiger partial charge in [0.2, 0.25) is 0 Å².